The normalized spacial score (nSPS) is 15.8. The van der Waals surface area contributed by atoms with E-state index in [9.17, 15) is 36.0 Å². The molecule has 1 fully saturated rings. The molecule has 0 bridgehead atoms. The fourth-order valence-corrected chi connectivity index (χ4v) is 6.27. The highest BCUT2D eigenvalue weighted by atomic mass is 32.2. The summed E-state index contributed by atoms with van der Waals surface area (Å²) in [6.07, 6.45) is -4.57. The number of anilines is 2. The molecule has 1 saturated heterocycles. The summed E-state index contributed by atoms with van der Waals surface area (Å²) in [5.41, 5.74) is -1.35. The van der Waals surface area contributed by atoms with Crippen LogP contribution in [-0.2, 0) is 25.7 Å². The number of imide groups is 1. The zero-order valence-corrected chi connectivity index (χ0v) is 27.0. The molecule has 1 unspecified atom stereocenters. The Kier molecular flexibility index (Phi) is 8.29. The molecule has 16 heteroatoms. The molecule has 1 aliphatic heterocycles. The maximum Gasteiger partial charge on any atom is 0.418 e. The van der Waals surface area contributed by atoms with Gasteiger partial charge in [-0.3, -0.25) is 14.6 Å². The van der Waals surface area contributed by atoms with Crippen LogP contribution in [0.5, 0.6) is 0 Å². The highest BCUT2D eigenvalue weighted by Gasteiger charge is 2.49. The number of ether oxygens (including phenoxy) is 1. The number of aromatic nitrogens is 3. The number of hydrogen-bond acceptors (Lipinski definition) is 8. The lowest BCUT2D eigenvalue weighted by Gasteiger charge is -2.26. The van der Waals surface area contributed by atoms with E-state index in [1.807, 2.05) is 6.92 Å². The van der Waals surface area contributed by atoms with Crippen molar-refractivity contribution in [3.8, 4) is 0 Å². The van der Waals surface area contributed by atoms with Crippen LogP contribution in [0.4, 0.5) is 34.4 Å². The number of amides is 4. The second-order valence-corrected chi connectivity index (χ2v) is 13.8. The SMILES string of the molecule is Cc1ccc(S(=O)(=O)n2ccc3ccc(N(C)C(=O)C4CN(C(=O)OC(C)(C)C)C(=O)N4c4cc(C(F)(F)F)cc(C)n4)nc32)cc1. The van der Waals surface area contributed by atoms with Crippen molar-refractivity contribution < 1.29 is 40.7 Å². The Morgan fingerprint density at radius 2 is 1.64 bits per heavy atom. The maximum absolute atomic E-state index is 14.0. The minimum absolute atomic E-state index is 0.00707. The number of halogens is 3. The summed E-state index contributed by atoms with van der Waals surface area (Å²) in [5.74, 6) is -1.37. The van der Waals surface area contributed by atoms with Crippen LogP contribution in [0.1, 0.15) is 37.6 Å². The van der Waals surface area contributed by atoms with E-state index in [1.54, 1.807) is 39.0 Å². The van der Waals surface area contributed by atoms with E-state index >= 15 is 0 Å². The maximum atomic E-state index is 14.0. The molecule has 4 amide bonds. The summed E-state index contributed by atoms with van der Waals surface area (Å²) in [4.78, 5) is 51.5. The van der Waals surface area contributed by atoms with E-state index in [-0.39, 0.29) is 22.1 Å². The molecule has 0 N–H and O–H groups in total. The summed E-state index contributed by atoms with van der Waals surface area (Å²) < 4.78 is 74.4. The van der Waals surface area contributed by atoms with Crippen molar-refractivity contribution >= 4 is 50.7 Å². The Morgan fingerprint density at radius 3 is 2.26 bits per heavy atom. The van der Waals surface area contributed by atoms with Gasteiger partial charge in [0.25, 0.3) is 15.9 Å². The van der Waals surface area contributed by atoms with Crippen LogP contribution in [0.2, 0.25) is 0 Å². The average Bonchev–Trinajstić information content (AvgIpc) is 3.56. The second kappa shape index (κ2) is 11.7. The summed E-state index contributed by atoms with van der Waals surface area (Å²) >= 11 is 0. The molecule has 0 saturated carbocycles. The van der Waals surface area contributed by atoms with E-state index in [0.29, 0.717) is 21.3 Å². The van der Waals surface area contributed by atoms with E-state index in [2.05, 4.69) is 9.97 Å². The van der Waals surface area contributed by atoms with Gasteiger partial charge in [0.15, 0.2) is 5.65 Å². The van der Waals surface area contributed by atoms with Gasteiger partial charge in [-0.2, -0.15) is 13.2 Å². The van der Waals surface area contributed by atoms with Crippen molar-refractivity contribution in [3.63, 3.8) is 0 Å². The Hall–Kier alpha value is -4.99. The molecule has 0 radical (unpaired) electrons. The van der Waals surface area contributed by atoms with Crippen LogP contribution in [-0.4, -0.2) is 70.5 Å². The number of alkyl halides is 3. The van der Waals surface area contributed by atoms with Gasteiger partial charge in [-0.1, -0.05) is 17.7 Å². The third-order valence-electron chi connectivity index (χ3n) is 7.26. The van der Waals surface area contributed by atoms with Crippen LogP contribution in [0.25, 0.3) is 11.0 Å². The Morgan fingerprint density at radius 1 is 0.979 bits per heavy atom. The lowest BCUT2D eigenvalue weighted by atomic mass is 10.2. The Balaban J connectivity index is 1.55. The average molecular weight is 673 g/mol. The third-order valence-corrected chi connectivity index (χ3v) is 8.94. The fraction of sp³-hybridized carbons (Fsp3) is 0.323. The number of hydrogen-bond donors (Lipinski definition) is 0. The standard InChI is InChI=1S/C31H31F3N6O6S/c1-18-7-10-22(11-8-18)47(44,45)39-14-13-20-9-12-24(36-26(20)39)37(6)27(41)23-17-38(29(43)46-30(3,4)5)28(42)40(23)25-16-21(31(32,33)34)15-19(2)35-25/h7-16,23H,17H2,1-6H3. The molecule has 0 spiro atoms. The first kappa shape index (κ1) is 33.4. The molecule has 1 atom stereocenters. The number of carbonyl (C=O) groups excluding carboxylic acids is 3. The molecule has 5 rings (SSSR count). The Labute approximate surface area is 268 Å². The summed E-state index contributed by atoms with van der Waals surface area (Å²) in [6.45, 7) is 7.23. The first-order valence-electron chi connectivity index (χ1n) is 14.3. The number of carbonyl (C=O) groups is 3. The van der Waals surface area contributed by atoms with Crippen molar-refractivity contribution in [1.29, 1.82) is 0 Å². The number of benzene rings is 1. The van der Waals surface area contributed by atoms with Gasteiger partial charge in [-0.15, -0.1) is 0 Å². The number of fused-ring (bicyclic) bond motifs is 1. The third kappa shape index (κ3) is 6.50. The smallest absolute Gasteiger partial charge is 0.418 e. The number of urea groups is 1. The first-order valence-corrected chi connectivity index (χ1v) is 15.7. The monoisotopic (exact) mass is 672 g/mol. The van der Waals surface area contributed by atoms with Gasteiger partial charge in [0.1, 0.15) is 23.3 Å². The van der Waals surface area contributed by atoms with Crippen molar-refractivity contribution in [2.45, 2.75) is 57.3 Å². The van der Waals surface area contributed by atoms with Gasteiger partial charge < -0.3 is 4.74 Å². The number of rotatable bonds is 5. The first-order chi connectivity index (χ1) is 21.8. The molecule has 3 aromatic heterocycles. The number of nitrogens with zero attached hydrogens (tertiary/aromatic N) is 6. The van der Waals surface area contributed by atoms with Gasteiger partial charge in [0.05, 0.1) is 17.0 Å². The minimum Gasteiger partial charge on any atom is -0.443 e. The highest BCUT2D eigenvalue weighted by Crippen LogP contribution is 2.34. The van der Waals surface area contributed by atoms with E-state index in [1.165, 1.54) is 44.4 Å². The Bertz CT molecular complexity index is 2000. The van der Waals surface area contributed by atoms with Crippen LogP contribution >= 0.6 is 0 Å². The molecular weight excluding hydrogens is 641 g/mol. The second-order valence-electron chi connectivity index (χ2n) is 12.0. The fourth-order valence-electron chi connectivity index (χ4n) is 4.97. The predicted octanol–water partition coefficient (Wildman–Crippen LogP) is 5.51. The van der Waals surface area contributed by atoms with Gasteiger partial charge >= 0.3 is 18.3 Å². The number of likely N-dealkylation sites (N-methyl/N-ethyl adjacent to an activating group) is 1. The molecule has 1 aliphatic rings. The molecule has 4 heterocycles. The predicted molar refractivity (Wildman–Crippen MR) is 165 cm³/mol. The van der Waals surface area contributed by atoms with Crippen molar-refractivity contribution in [3.05, 3.63) is 77.6 Å². The molecular formula is C31H31F3N6O6S. The summed E-state index contributed by atoms with van der Waals surface area (Å²) in [7, 11) is -2.77. The van der Waals surface area contributed by atoms with Crippen LogP contribution < -0.4 is 9.80 Å². The lowest BCUT2D eigenvalue weighted by molar-refractivity contribution is -0.137. The van der Waals surface area contributed by atoms with Crippen LogP contribution in [0, 0.1) is 13.8 Å². The van der Waals surface area contributed by atoms with Crippen molar-refractivity contribution in [1.82, 2.24) is 18.8 Å². The zero-order chi connectivity index (χ0) is 34.6. The van der Waals surface area contributed by atoms with Gasteiger partial charge in [-0.05, 0) is 77.1 Å². The minimum atomic E-state index is -4.79. The van der Waals surface area contributed by atoms with E-state index in [4.69, 9.17) is 4.74 Å². The number of aryl methyl sites for hydroxylation is 2. The molecule has 4 aromatic rings. The van der Waals surface area contributed by atoms with Gasteiger partial charge in [0, 0.05) is 24.3 Å². The zero-order valence-electron chi connectivity index (χ0n) is 26.2. The molecule has 0 aliphatic carbocycles. The largest absolute Gasteiger partial charge is 0.443 e. The molecule has 1 aromatic carbocycles. The molecule has 12 nitrogen and oxygen atoms in total. The topological polar surface area (TPSA) is 135 Å². The van der Waals surface area contributed by atoms with Crippen molar-refractivity contribution in [2.24, 2.45) is 0 Å². The molecule has 47 heavy (non-hydrogen) atoms. The van der Waals surface area contributed by atoms with E-state index in [0.717, 1.165) is 20.5 Å². The number of pyridine rings is 2. The van der Waals surface area contributed by atoms with Crippen molar-refractivity contribution in [2.75, 3.05) is 23.4 Å². The van der Waals surface area contributed by atoms with Crippen LogP contribution in [0.3, 0.4) is 0 Å². The summed E-state index contributed by atoms with van der Waals surface area (Å²) in [6, 6.07) is 9.51. The highest BCUT2D eigenvalue weighted by molar-refractivity contribution is 7.90. The lowest BCUT2D eigenvalue weighted by Crippen LogP contribution is -2.47. The van der Waals surface area contributed by atoms with Gasteiger partial charge in [0.2, 0.25) is 0 Å². The van der Waals surface area contributed by atoms with Gasteiger partial charge in [-0.25, -0.2) is 36.8 Å². The quantitative estimate of drug-likeness (QED) is 0.271. The van der Waals surface area contributed by atoms with E-state index < -0.39 is 63.8 Å². The van der Waals surface area contributed by atoms with Crippen LogP contribution in [0.15, 0.2) is 65.7 Å². The molecule has 248 valence electrons. The summed E-state index contributed by atoms with van der Waals surface area (Å²) in [5, 5.41) is 0.447.